The fourth-order valence-electron chi connectivity index (χ4n) is 0.779. The largest absolute Gasteiger partial charge is 0.412 e. The lowest BCUT2D eigenvalue weighted by Gasteiger charge is -1.99. The van der Waals surface area contributed by atoms with Crippen LogP contribution in [0.15, 0.2) is 24.5 Å². The molecule has 0 saturated carbocycles. The fourth-order valence-corrected chi connectivity index (χ4v) is 0.779. The minimum Gasteiger partial charge on any atom is -0.404 e. The molecule has 0 aromatic carbocycles. The van der Waals surface area contributed by atoms with E-state index < -0.39 is 6.09 Å². The number of ether oxygens (including phenoxy) is 1. The number of hydrogen-bond acceptors (Lipinski definition) is 2. The fraction of sp³-hybridized carbons (Fsp3) is 0.250. The van der Waals surface area contributed by atoms with Gasteiger partial charge in [0.15, 0.2) is 11.9 Å². The molecule has 1 N–H and O–H groups in total. The summed E-state index contributed by atoms with van der Waals surface area (Å²) in [6.45, 7) is 0. The summed E-state index contributed by atoms with van der Waals surface area (Å²) < 4.78 is 6.68. The molecule has 0 unspecified atom stereocenters. The molecule has 0 aliphatic rings. The van der Waals surface area contributed by atoms with Crippen LogP contribution in [0.25, 0.3) is 0 Å². The molecule has 0 radical (unpaired) electrons. The normalized spacial score (nSPS) is 9.17. The number of nitrogens with one attached hydrogen (secondary N) is 1. The van der Waals surface area contributed by atoms with E-state index in [1.165, 1.54) is 7.05 Å². The number of pyridine rings is 1. The van der Waals surface area contributed by atoms with Gasteiger partial charge in [0.2, 0.25) is 6.20 Å². The van der Waals surface area contributed by atoms with Crippen molar-refractivity contribution < 1.29 is 14.1 Å². The second-order valence-electron chi connectivity index (χ2n) is 2.34. The second-order valence-corrected chi connectivity index (χ2v) is 2.34. The first-order chi connectivity index (χ1) is 5.72. The first-order valence-electron chi connectivity index (χ1n) is 3.57. The number of carbonyl (C=O) groups excluding carboxylic acids is 1. The van der Waals surface area contributed by atoms with Crippen molar-refractivity contribution in [3.8, 4) is 5.75 Å². The van der Waals surface area contributed by atoms with Crippen molar-refractivity contribution in [3.63, 3.8) is 0 Å². The van der Waals surface area contributed by atoms with E-state index in [2.05, 4.69) is 5.32 Å². The van der Waals surface area contributed by atoms with Gasteiger partial charge >= 0.3 is 6.09 Å². The van der Waals surface area contributed by atoms with Gasteiger partial charge in [-0.3, -0.25) is 0 Å². The highest BCUT2D eigenvalue weighted by atomic mass is 16.6. The van der Waals surface area contributed by atoms with Crippen molar-refractivity contribution in [1.82, 2.24) is 5.32 Å². The van der Waals surface area contributed by atoms with Crippen LogP contribution in [-0.2, 0) is 7.05 Å². The summed E-state index contributed by atoms with van der Waals surface area (Å²) in [6.07, 6.45) is 3.12. The van der Waals surface area contributed by atoms with Gasteiger partial charge in [0.05, 0.1) is 0 Å². The smallest absolute Gasteiger partial charge is 0.404 e. The van der Waals surface area contributed by atoms with Crippen LogP contribution in [0.2, 0.25) is 0 Å². The van der Waals surface area contributed by atoms with Gasteiger partial charge in [0.25, 0.3) is 0 Å². The molecule has 4 heteroatoms. The third kappa shape index (κ3) is 2.23. The maximum Gasteiger partial charge on any atom is 0.412 e. The monoisotopic (exact) mass is 167 g/mol. The van der Waals surface area contributed by atoms with Gasteiger partial charge in [-0.05, 0) is 6.07 Å². The average molecular weight is 167 g/mol. The zero-order chi connectivity index (χ0) is 8.97. The maximum atomic E-state index is 10.7. The molecular weight excluding hydrogens is 156 g/mol. The molecule has 0 aliphatic carbocycles. The number of rotatable bonds is 1. The summed E-state index contributed by atoms with van der Waals surface area (Å²) in [6, 6.07) is 3.52. The lowest BCUT2D eigenvalue weighted by atomic mass is 10.4. The molecule has 0 saturated heterocycles. The van der Waals surface area contributed by atoms with Crippen LogP contribution in [0.4, 0.5) is 4.79 Å². The van der Waals surface area contributed by atoms with E-state index in [1.54, 1.807) is 22.9 Å². The van der Waals surface area contributed by atoms with Gasteiger partial charge in [-0.1, -0.05) is 0 Å². The van der Waals surface area contributed by atoms with Crippen LogP contribution in [-0.4, -0.2) is 13.1 Å². The molecule has 1 rings (SSSR count). The topological polar surface area (TPSA) is 42.2 Å². The second kappa shape index (κ2) is 3.71. The maximum absolute atomic E-state index is 10.7. The quantitative estimate of drug-likeness (QED) is 0.608. The highest BCUT2D eigenvalue weighted by Gasteiger charge is 2.03. The standard InChI is InChI=1S/C8H10N2O2/c1-9-8(11)12-7-4-3-5-10(2)6-7/h3-6H,1-2H3/p+1. The van der Waals surface area contributed by atoms with Crippen molar-refractivity contribution in [3.05, 3.63) is 24.5 Å². The van der Waals surface area contributed by atoms with Gasteiger partial charge in [0.1, 0.15) is 7.05 Å². The molecule has 1 amide bonds. The van der Waals surface area contributed by atoms with E-state index in [1.807, 2.05) is 13.2 Å². The first kappa shape index (κ1) is 8.52. The number of nitrogens with zero attached hydrogens (tertiary/aromatic N) is 1. The molecular formula is C8H11N2O2+. The zero-order valence-corrected chi connectivity index (χ0v) is 7.07. The van der Waals surface area contributed by atoms with E-state index in [4.69, 9.17) is 4.74 Å². The van der Waals surface area contributed by atoms with Crippen LogP contribution >= 0.6 is 0 Å². The van der Waals surface area contributed by atoms with Crippen LogP contribution < -0.4 is 14.6 Å². The zero-order valence-electron chi connectivity index (χ0n) is 7.07. The van der Waals surface area contributed by atoms with Crippen LogP contribution in [0.3, 0.4) is 0 Å². The Balaban J connectivity index is 2.69. The molecule has 1 aromatic heterocycles. The molecule has 0 fully saturated rings. The van der Waals surface area contributed by atoms with Gasteiger partial charge in [0, 0.05) is 13.1 Å². The summed E-state index contributed by atoms with van der Waals surface area (Å²) in [5, 5.41) is 2.36. The van der Waals surface area contributed by atoms with Crippen molar-refractivity contribution in [2.45, 2.75) is 0 Å². The summed E-state index contributed by atoms with van der Waals surface area (Å²) >= 11 is 0. The predicted molar refractivity (Wildman–Crippen MR) is 42.7 cm³/mol. The predicted octanol–water partition coefficient (Wildman–Crippen LogP) is 0.229. The molecule has 0 bridgehead atoms. The highest BCUT2D eigenvalue weighted by molar-refractivity contribution is 5.69. The minimum atomic E-state index is -0.457. The molecule has 0 spiro atoms. The summed E-state index contributed by atoms with van der Waals surface area (Å²) in [4.78, 5) is 10.7. The Morgan fingerprint density at radius 2 is 2.42 bits per heavy atom. The number of aryl methyl sites for hydroxylation is 1. The Labute approximate surface area is 70.8 Å². The van der Waals surface area contributed by atoms with Crippen molar-refractivity contribution in [2.75, 3.05) is 7.05 Å². The van der Waals surface area contributed by atoms with Crippen molar-refractivity contribution >= 4 is 6.09 Å². The van der Waals surface area contributed by atoms with Crippen LogP contribution in [0, 0.1) is 0 Å². The van der Waals surface area contributed by atoms with Gasteiger partial charge in [-0.25, -0.2) is 9.36 Å². The van der Waals surface area contributed by atoms with Crippen LogP contribution in [0.5, 0.6) is 5.75 Å². The summed E-state index contributed by atoms with van der Waals surface area (Å²) in [5.41, 5.74) is 0. The van der Waals surface area contributed by atoms with E-state index >= 15 is 0 Å². The SMILES string of the molecule is CNC(=O)Oc1ccc[n+](C)c1. The van der Waals surface area contributed by atoms with Crippen molar-refractivity contribution in [2.24, 2.45) is 7.05 Å². The molecule has 1 aromatic rings. The molecule has 0 atom stereocenters. The summed E-state index contributed by atoms with van der Waals surface area (Å²) in [5.74, 6) is 0.527. The van der Waals surface area contributed by atoms with E-state index in [9.17, 15) is 4.79 Å². The highest BCUT2D eigenvalue weighted by Crippen LogP contribution is 2.04. The lowest BCUT2D eigenvalue weighted by molar-refractivity contribution is -0.671. The van der Waals surface area contributed by atoms with Crippen molar-refractivity contribution in [1.29, 1.82) is 0 Å². The third-order valence-corrected chi connectivity index (χ3v) is 1.33. The molecule has 4 nitrogen and oxygen atoms in total. The number of carbonyl (C=O) groups is 1. The average Bonchev–Trinajstić information content (AvgIpc) is 2.04. The van der Waals surface area contributed by atoms with Gasteiger partial charge in [-0.2, -0.15) is 0 Å². The Bertz CT molecular complexity index is 286. The Hall–Kier alpha value is -1.58. The third-order valence-electron chi connectivity index (χ3n) is 1.33. The van der Waals surface area contributed by atoms with Gasteiger partial charge < -0.3 is 10.1 Å². The van der Waals surface area contributed by atoms with E-state index in [0.717, 1.165) is 0 Å². The lowest BCUT2D eigenvalue weighted by Crippen LogP contribution is -2.28. The molecule has 0 aliphatic heterocycles. The molecule has 12 heavy (non-hydrogen) atoms. The van der Waals surface area contributed by atoms with Gasteiger partial charge in [-0.15, -0.1) is 0 Å². The van der Waals surface area contributed by atoms with E-state index in [0.29, 0.717) is 5.75 Å². The molecule has 64 valence electrons. The first-order valence-corrected chi connectivity index (χ1v) is 3.57. The minimum absolute atomic E-state index is 0.457. The van der Waals surface area contributed by atoms with E-state index in [-0.39, 0.29) is 0 Å². The number of amides is 1. The van der Waals surface area contributed by atoms with Crippen LogP contribution in [0.1, 0.15) is 0 Å². The Kier molecular flexibility index (Phi) is 2.63. The Morgan fingerprint density at radius 1 is 1.67 bits per heavy atom. The summed E-state index contributed by atoms with van der Waals surface area (Å²) in [7, 11) is 3.38. The number of aromatic nitrogens is 1. The molecule has 1 heterocycles. The Morgan fingerprint density at radius 3 is 3.00 bits per heavy atom. The number of hydrogen-bond donors (Lipinski definition) is 1.